The summed E-state index contributed by atoms with van der Waals surface area (Å²) >= 11 is 16.3. The number of hydrazone groups is 1. The average Bonchev–Trinajstić information content (AvgIpc) is 2.18. The Kier molecular flexibility index (Phi) is 4.32. The van der Waals surface area contributed by atoms with Crippen molar-refractivity contribution in [2.24, 2.45) is 10.8 Å². The lowest BCUT2D eigenvalue weighted by Crippen LogP contribution is -2.25. The summed E-state index contributed by atoms with van der Waals surface area (Å²) in [5.41, 5.74) is 9.32. The van der Waals surface area contributed by atoms with Gasteiger partial charge in [-0.1, -0.05) is 29.3 Å². The molecule has 0 aromatic heterocycles. The quantitative estimate of drug-likeness (QED) is 0.489. The normalized spacial score (nSPS) is 11.3. The fraction of sp³-hybridized carbons (Fsp3) is 0.111. The lowest BCUT2D eigenvalue weighted by Gasteiger charge is -2.03. The van der Waals surface area contributed by atoms with Crippen molar-refractivity contribution >= 4 is 46.2 Å². The van der Waals surface area contributed by atoms with Crippen molar-refractivity contribution < 1.29 is 0 Å². The maximum Gasteiger partial charge on any atom is 0.184 e. The van der Waals surface area contributed by atoms with Gasteiger partial charge in [0, 0.05) is 0 Å². The molecule has 0 radical (unpaired) electrons. The molecule has 15 heavy (non-hydrogen) atoms. The van der Waals surface area contributed by atoms with E-state index >= 15 is 0 Å². The van der Waals surface area contributed by atoms with Gasteiger partial charge in [-0.15, -0.1) is 0 Å². The molecule has 0 aliphatic rings. The molecule has 0 fully saturated rings. The Morgan fingerprint density at radius 2 is 2.07 bits per heavy atom. The molecule has 3 N–H and O–H groups in total. The summed E-state index contributed by atoms with van der Waals surface area (Å²) in [7, 11) is 0. The standard InChI is InChI=1S/C9H9Cl2N3S/c1-5(13-14-9(12)15)6-2-3-7(10)8(11)4-6/h2-4H,1H3,(H3,12,14,15)/b13-5+. The highest BCUT2D eigenvalue weighted by Gasteiger charge is 2.02. The molecular formula is C9H9Cl2N3S. The van der Waals surface area contributed by atoms with E-state index in [9.17, 15) is 0 Å². The topological polar surface area (TPSA) is 50.4 Å². The fourth-order valence-electron chi connectivity index (χ4n) is 0.925. The SMILES string of the molecule is C/C(=N\NC(N)=S)c1ccc(Cl)c(Cl)c1. The second-order valence-electron chi connectivity index (χ2n) is 2.80. The molecule has 6 heteroatoms. The van der Waals surface area contributed by atoms with Crippen LogP contribution in [0.15, 0.2) is 23.3 Å². The highest BCUT2D eigenvalue weighted by molar-refractivity contribution is 7.80. The van der Waals surface area contributed by atoms with E-state index in [0.29, 0.717) is 10.0 Å². The Balaban J connectivity index is 2.91. The van der Waals surface area contributed by atoms with Gasteiger partial charge in [0.2, 0.25) is 0 Å². The van der Waals surface area contributed by atoms with Crippen LogP contribution in [0.1, 0.15) is 12.5 Å². The molecule has 1 aromatic carbocycles. The van der Waals surface area contributed by atoms with Crippen LogP contribution >= 0.6 is 35.4 Å². The molecular weight excluding hydrogens is 253 g/mol. The summed E-state index contributed by atoms with van der Waals surface area (Å²) < 4.78 is 0. The summed E-state index contributed by atoms with van der Waals surface area (Å²) in [6, 6.07) is 5.25. The van der Waals surface area contributed by atoms with Crippen LogP contribution in [0.2, 0.25) is 10.0 Å². The number of rotatable bonds is 2. The Bertz CT molecular complexity index is 418. The fourth-order valence-corrected chi connectivity index (χ4v) is 1.27. The first-order valence-electron chi connectivity index (χ1n) is 4.06. The van der Waals surface area contributed by atoms with Gasteiger partial charge in [-0.2, -0.15) is 5.10 Å². The molecule has 0 amide bonds. The van der Waals surface area contributed by atoms with Crippen LogP contribution in [-0.4, -0.2) is 10.8 Å². The summed E-state index contributed by atoms with van der Waals surface area (Å²) in [6.07, 6.45) is 0. The second-order valence-corrected chi connectivity index (χ2v) is 4.06. The summed E-state index contributed by atoms with van der Waals surface area (Å²) in [5.74, 6) is 0. The number of halogens is 2. The number of nitrogens with one attached hydrogen (secondary N) is 1. The third-order valence-corrected chi connectivity index (χ3v) is 2.50. The lowest BCUT2D eigenvalue weighted by atomic mass is 10.1. The highest BCUT2D eigenvalue weighted by atomic mass is 35.5. The van der Waals surface area contributed by atoms with Crippen molar-refractivity contribution in [1.82, 2.24) is 5.43 Å². The summed E-state index contributed by atoms with van der Waals surface area (Å²) in [5, 5.41) is 5.08. The van der Waals surface area contributed by atoms with E-state index in [4.69, 9.17) is 28.9 Å². The van der Waals surface area contributed by atoms with E-state index in [1.807, 2.05) is 13.0 Å². The predicted molar refractivity (Wildman–Crippen MR) is 68.6 cm³/mol. The minimum atomic E-state index is 0.120. The third-order valence-electron chi connectivity index (χ3n) is 1.67. The molecule has 1 aromatic rings. The van der Waals surface area contributed by atoms with Crippen molar-refractivity contribution in [1.29, 1.82) is 0 Å². The van der Waals surface area contributed by atoms with Crippen LogP contribution in [-0.2, 0) is 0 Å². The lowest BCUT2D eigenvalue weighted by molar-refractivity contribution is 1.03. The number of nitrogens with zero attached hydrogens (tertiary/aromatic N) is 1. The van der Waals surface area contributed by atoms with E-state index in [1.165, 1.54) is 0 Å². The number of nitrogens with two attached hydrogens (primary N) is 1. The van der Waals surface area contributed by atoms with Gasteiger partial charge in [-0.3, -0.25) is 5.43 Å². The van der Waals surface area contributed by atoms with Crippen LogP contribution in [0.4, 0.5) is 0 Å². The van der Waals surface area contributed by atoms with E-state index in [0.717, 1.165) is 11.3 Å². The number of hydrogen-bond donors (Lipinski definition) is 2. The van der Waals surface area contributed by atoms with E-state index in [-0.39, 0.29) is 5.11 Å². The smallest absolute Gasteiger partial charge is 0.184 e. The molecule has 0 heterocycles. The second kappa shape index (κ2) is 5.30. The maximum atomic E-state index is 5.86. The van der Waals surface area contributed by atoms with E-state index < -0.39 is 0 Å². The summed E-state index contributed by atoms with van der Waals surface area (Å²) in [4.78, 5) is 0. The van der Waals surface area contributed by atoms with Crippen molar-refractivity contribution in [2.75, 3.05) is 0 Å². The molecule has 80 valence electrons. The minimum absolute atomic E-state index is 0.120. The van der Waals surface area contributed by atoms with E-state index in [1.54, 1.807) is 12.1 Å². The minimum Gasteiger partial charge on any atom is -0.375 e. The van der Waals surface area contributed by atoms with Crippen molar-refractivity contribution in [3.63, 3.8) is 0 Å². The van der Waals surface area contributed by atoms with Crippen molar-refractivity contribution in [3.8, 4) is 0 Å². The molecule has 3 nitrogen and oxygen atoms in total. The highest BCUT2D eigenvalue weighted by Crippen LogP contribution is 2.22. The van der Waals surface area contributed by atoms with Gasteiger partial charge in [0.1, 0.15) is 0 Å². The van der Waals surface area contributed by atoms with Gasteiger partial charge in [0.05, 0.1) is 15.8 Å². The van der Waals surface area contributed by atoms with Gasteiger partial charge >= 0.3 is 0 Å². The van der Waals surface area contributed by atoms with Crippen LogP contribution in [0, 0.1) is 0 Å². The van der Waals surface area contributed by atoms with Crippen molar-refractivity contribution in [3.05, 3.63) is 33.8 Å². The monoisotopic (exact) mass is 261 g/mol. The number of thiocarbonyl (C=S) groups is 1. The molecule has 0 unspecified atom stereocenters. The zero-order chi connectivity index (χ0) is 11.4. The molecule has 0 saturated carbocycles. The van der Waals surface area contributed by atoms with Crippen LogP contribution in [0.5, 0.6) is 0 Å². The first kappa shape index (κ1) is 12.2. The van der Waals surface area contributed by atoms with Gasteiger partial charge in [-0.25, -0.2) is 0 Å². The van der Waals surface area contributed by atoms with Gasteiger partial charge in [0.15, 0.2) is 5.11 Å². The average molecular weight is 262 g/mol. The van der Waals surface area contributed by atoms with Crippen LogP contribution in [0.25, 0.3) is 0 Å². The molecule has 0 saturated heterocycles. The molecule has 0 aliphatic heterocycles. The predicted octanol–water partition coefficient (Wildman–Crippen LogP) is 2.55. The van der Waals surface area contributed by atoms with Crippen molar-refractivity contribution in [2.45, 2.75) is 6.92 Å². The maximum absolute atomic E-state index is 5.86. The van der Waals surface area contributed by atoms with E-state index in [2.05, 4.69) is 22.7 Å². The van der Waals surface area contributed by atoms with Gasteiger partial charge in [-0.05, 0) is 36.8 Å². The first-order chi connectivity index (χ1) is 7.00. The Labute approximate surface area is 103 Å². The molecule has 0 spiro atoms. The van der Waals surface area contributed by atoms with Crippen LogP contribution in [0.3, 0.4) is 0 Å². The Hall–Kier alpha value is -0.840. The third kappa shape index (κ3) is 3.66. The Morgan fingerprint density at radius 1 is 1.40 bits per heavy atom. The largest absolute Gasteiger partial charge is 0.375 e. The van der Waals surface area contributed by atoms with Gasteiger partial charge < -0.3 is 5.73 Å². The zero-order valence-corrected chi connectivity index (χ0v) is 10.2. The number of hydrogen-bond acceptors (Lipinski definition) is 2. The number of benzene rings is 1. The van der Waals surface area contributed by atoms with Crippen LogP contribution < -0.4 is 11.2 Å². The zero-order valence-electron chi connectivity index (χ0n) is 7.92. The molecule has 0 aliphatic carbocycles. The molecule has 0 atom stereocenters. The Morgan fingerprint density at radius 3 is 2.60 bits per heavy atom. The molecule has 0 bridgehead atoms. The first-order valence-corrected chi connectivity index (χ1v) is 5.22. The summed E-state index contributed by atoms with van der Waals surface area (Å²) in [6.45, 7) is 1.81. The molecule has 1 rings (SSSR count). The van der Waals surface area contributed by atoms with Gasteiger partial charge in [0.25, 0.3) is 0 Å².